The summed E-state index contributed by atoms with van der Waals surface area (Å²) in [5.41, 5.74) is 6.96. The highest BCUT2D eigenvalue weighted by atomic mass is 16.2. The lowest BCUT2D eigenvalue weighted by molar-refractivity contribution is -0.121. The SMILES string of the molecule is CC(C)[C@@H]1c2ccccc2C(=O)[C@H]1C(N)=O. The monoisotopic (exact) mass is 217 g/mol. The number of rotatable bonds is 2. The van der Waals surface area contributed by atoms with Gasteiger partial charge in [0.1, 0.15) is 5.92 Å². The van der Waals surface area contributed by atoms with Crippen molar-refractivity contribution >= 4 is 11.7 Å². The van der Waals surface area contributed by atoms with Gasteiger partial charge in [-0.05, 0) is 11.5 Å². The molecule has 0 unspecified atom stereocenters. The van der Waals surface area contributed by atoms with Gasteiger partial charge in [0, 0.05) is 11.5 Å². The second-order valence-corrected chi connectivity index (χ2v) is 4.60. The number of primary amides is 1. The first-order valence-electron chi connectivity index (χ1n) is 5.46. The molecule has 3 heteroatoms. The molecule has 0 bridgehead atoms. The summed E-state index contributed by atoms with van der Waals surface area (Å²) in [4.78, 5) is 23.4. The fraction of sp³-hybridized carbons (Fsp3) is 0.385. The molecule has 3 nitrogen and oxygen atoms in total. The van der Waals surface area contributed by atoms with E-state index in [9.17, 15) is 9.59 Å². The van der Waals surface area contributed by atoms with E-state index in [1.807, 2.05) is 32.0 Å². The first-order chi connectivity index (χ1) is 7.54. The number of amides is 1. The Bertz CT molecular complexity index is 451. The summed E-state index contributed by atoms with van der Waals surface area (Å²) >= 11 is 0. The van der Waals surface area contributed by atoms with Crippen molar-refractivity contribution in [1.82, 2.24) is 0 Å². The van der Waals surface area contributed by atoms with Gasteiger partial charge in [0.05, 0.1) is 0 Å². The zero-order chi connectivity index (χ0) is 11.9. The average Bonchev–Trinajstić information content (AvgIpc) is 2.53. The maximum Gasteiger partial charge on any atom is 0.229 e. The summed E-state index contributed by atoms with van der Waals surface area (Å²) < 4.78 is 0. The lowest BCUT2D eigenvalue weighted by Gasteiger charge is -2.20. The Kier molecular flexibility index (Phi) is 2.54. The number of ketones is 1. The van der Waals surface area contributed by atoms with Crippen molar-refractivity contribution in [3.05, 3.63) is 35.4 Å². The van der Waals surface area contributed by atoms with Crippen LogP contribution in [0.4, 0.5) is 0 Å². The molecule has 0 aromatic heterocycles. The molecule has 1 aromatic carbocycles. The second kappa shape index (κ2) is 3.74. The number of carbonyl (C=O) groups is 2. The van der Waals surface area contributed by atoms with Gasteiger partial charge in [-0.25, -0.2) is 0 Å². The van der Waals surface area contributed by atoms with E-state index in [1.54, 1.807) is 6.07 Å². The summed E-state index contributed by atoms with van der Waals surface area (Å²) in [7, 11) is 0. The molecule has 1 aliphatic rings. The van der Waals surface area contributed by atoms with Gasteiger partial charge < -0.3 is 5.73 Å². The zero-order valence-electron chi connectivity index (χ0n) is 9.44. The van der Waals surface area contributed by atoms with Gasteiger partial charge in [-0.15, -0.1) is 0 Å². The third-order valence-corrected chi connectivity index (χ3v) is 3.25. The van der Waals surface area contributed by atoms with Gasteiger partial charge in [0.25, 0.3) is 0 Å². The van der Waals surface area contributed by atoms with Crippen LogP contribution in [0.3, 0.4) is 0 Å². The minimum Gasteiger partial charge on any atom is -0.369 e. The predicted molar refractivity (Wildman–Crippen MR) is 61.0 cm³/mol. The van der Waals surface area contributed by atoms with Crippen LogP contribution in [0.2, 0.25) is 0 Å². The molecule has 0 saturated carbocycles. The fourth-order valence-corrected chi connectivity index (χ4v) is 2.57. The number of carbonyl (C=O) groups excluding carboxylic acids is 2. The van der Waals surface area contributed by atoms with Crippen molar-refractivity contribution < 1.29 is 9.59 Å². The van der Waals surface area contributed by atoms with E-state index in [0.29, 0.717) is 5.56 Å². The van der Waals surface area contributed by atoms with Crippen molar-refractivity contribution in [2.24, 2.45) is 17.6 Å². The molecule has 0 radical (unpaired) electrons. The van der Waals surface area contributed by atoms with Crippen LogP contribution in [0, 0.1) is 11.8 Å². The standard InChI is InChI=1S/C13H15NO2/c1-7(2)10-8-5-3-4-6-9(8)12(15)11(10)13(14)16/h3-7,10-11H,1-2H3,(H2,14,16)/t10-,11+/m1/s1. The van der Waals surface area contributed by atoms with Crippen LogP contribution in [0.1, 0.15) is 35.7 Å². The van der Waals surface area contributed by atoms with Crippen LogP contribution in [-0.4, -0.2) is 11.7 Å². The van der Waals surface area contributed by atoms with Crippen LogP contribution in [0.5, 0.6) is 0 Å². The quantitative estimate of drug-likeness (QED) is 0.767. The number of hydrogen-bond acceptors (Lipinski definition) is 2. The average molecular weight is 217 g/mol. The van der Waals surface area contributed by atoms with Gasteiger partial charge >= 0.3 is 0 Å². The summed E-state index contributed by atoms with van der Waals surface area (Å²) in [6.07, 6.45) is 0. The lowest BCUT2D eigenvalue weighted by Crippen LogP contribution is -2.32. The summed E-state index contributed by atoms with van der Waals surface area (Å²) in [6, 6.07) is 7.40. The highest BCUT2D eigenvalue weighted by Gasteiger charge is 2.44. The highest BCUT2D eigenvalue weighted by Crippen LogP contribution is 2.42. The minimum atomic E-state index is -0.683. The molecule has 1 amide bonds. The molecule has 0 saturated heterocycles. The number of benzene rings is 1. The molecule has 0 spiro atoms. The van der Waals surface area contributed by atoms with Crippen molar-refractivity contribution in [1.29, 1.82) is 0 Å². The molecule has 16 heavy (non-hydrogen) atoms. The molecule has 0 aliphatic heterocycles. The smallest absolute Gasteiger partial charge is 0.229 e. The minimum absolute atomic E-state index is 0.0683. The molecule has 1 aromatic rings. The number of fused-ring (bicyclic) bond motifs is 1. The summed E-state index contributed by atoms with van der Waals surface area (Å²) in [5, 5.41) is 0. The predicted octanol–water partition coefficient (Wildman–Crippen LogP) is 1.72. The van der Waals surface area contributed by atoms with E-state index in [4.69, 9.17) is 5.73 Å². The Morgan fingerprint density at radius 1 is 1.31 bits per heavy atom. The second-order valence-electron chi connectivity index (χ2n) is 4.60. The maximum atomic E-state index is 12.1. The van der Waals surface area contributed by atoms with Crippen molar-refractivity contribution in [3.8, 4) is 0 Å². The van der Waals surface area contributed by atoms with E-state index >= 15 is 0 Å². The molecule has 2 rings (SSSR count). The maximum absolute atomic E-state index is 12.1. The molecule has 2 atom stereocenters. The normalized spacial score (nSPS) is 23.6. The van der Waals surface area contributed by atoms with Crippen LogP contribution in [-0.2, 0) is 4.79 Å². The van der Waals surface area contributed by atoms with Crippen LogP contribution in [0.25, 0.3) is 0 Å². The Morgan fingerprint density at radius 2 is 1.94 bits per heavy atom. The van der Waals surface area contributed by atoms with Crippen LogP contribution >= 0.6 is 0 Å². The van der Waals surface area contributed by atoms with Gasteiger partial charge in [0.15, 0.2) is 5.78 Å². The number of hydrogen-bond donors (Lipinski definition) is 1. The molecule has 0 fully saturated rings. The summed E-state index contributed by atoms with van der Waals surface area (Å²) in [5.74, 6) is -1.16. The third kappa shape index (κ3) is 1.43. The molecule has 84 valence electrons. The van der Waals surface area contributed by atoms with E-state index in [1.165, 1.54) is 0 Å². The van der Waals surface area contributed by atoms with Crippen molar-refractivity contribution in [3.63, 3.8) is 0 Å². The van der Waals surface area contributed by atoms with Gasteiger partial charge in [0.2, 0.25) is 5.91 Å². The van der Waals surface area contributed by atoms with Crippen molar-refractivity contribution in [2.45, 2.75) is 19.8 Å². The van der Waals surface area contributed by atoms with Gasteiger partial charge in [-0.3, -0.25) is 9.59 Å². The first kappa shape index (κ1) is 10.9. The Morgan fingerprint density at radius 3 is 2.50 bits per heavy atom. The lowest BCUT2D eigenvalue weighted by atomic mass is 9.82. The van der Waals surface area contributed by atoms with E-state index in [2.05, 4.69) is 0 Å². The highest BCUT2D eigenvalue weighted by molar-refractivity contribution is 6.14. The zero-order valence-corrected chi connectivity index (χ0v) is 9.44. The Hall–Kier alpha value is -1.64. The third-order valence-electron chi connectivity index (χ3n) is 3.25. The topological polar surface area (TPSA) is 60.2 Å². The molecule has 2 N–H and O–H groups in total. The van der Waals surface area contributed by atoms with Gasteiger partial charge in [-0.1, -0.05) is 38.1 Å². The Labute approximate surface area is 94.6 Å². The van der Waals surface area contributed by atoms with Crippen molar-refractivity contribution in [2.75, 3.05) is 0 Å². The number of Topliss-reactive ketones (excluding diaryl/α,β-unsaturated/α-hetero) is 1. The van der Waals surface area contributed by atoms with Gasteiger partial charge in [-0.2, -0.15) is 0 Å². The van der Waals surface area contributed by atoms with E-state index in [-0.39, 0.29) is 17.6 Å². The number of nitrogens with two attached hydrogens (primary N) is 1. The fourth-order valence-electron chi connectivity index (χ4n) is 2.57. The van der Waals surface area contributed by atoms with Crippen LogP contribution in [0.15, 0.2) is 24.3 Å². The Balaban J connectivity index is 2.56. The molecular formula is C13H15NO2. The van der Waals surface area contributed by atoms with Crippen LogP contribution < -0.4 is 5.73 Å². The molecule has 0 heterocycles. The molecular weight excluding hydrogens is 202 g/mol. The largest absolute Gasteiger partial charge is 0.369 e. The van der Waals surface area contributed by atoms with E-state index in [0.717, 1.165) is 5.56 Å². The van der Waals surface area contributed by atoms with E-state index < -0.39 is 11.8 Å². The summed E-state index contributed by atoms with van der Waals surface area (Å²) in [6.45, 7) is 4.02. The first-order valence-corrected chi connectivity index (χ1v) is 5.46. The molecule has 1 aliphatic carbocycles.